The first-order valence-corrected chi connectivity index (χ1v) is 9.93. The fraction of sp³-hybridized carbons (Fsp3) is 0.619. The zero-order valence-electron chi connectivity index (χ0n) is 17.6. The van der Waals surface area contributed by atoms with Crippen LogP contribution < -0.4 is 11.1 Å². The Balaban J connectivity index is 0.00000392. The molecule has 0 saturated carbocycles. The van der Waals surface area contributed by atoms with E-state index in [1.807, 2.05) is 7.05 Å². The number of likely N-dealkylation sites (N-methyl/N-ethyl adjacent to an activating group) is 1. The van der Waals surface area contributed by atoms with E-state index in [2.05, 4.69) is 65.4 Å². The molecule has 2 atom stereocenters. The molecule has 0 radical (unpaired) electrons. The Kier molecular flexibility index (Phi) is 10.8. The quantitative estimate of drug-likeness (QED) is 0.342. The number of nitrogens with two attached hydrogens (primary N) is 1. The Morgan fingerprint density at radius 1 is 1.36 bits per heavy atom. The van der Waals surface area contributed by atoms with Crippen molar-refractivity contribution in [2.75, 3.05) is 40.8 Å². The van der Waals surface area contributed by atoms with Crippen LogP contribution in [0.5, 0.6) is 0 Å². The van der Waals surface area contributed by atoms with Gasteiger partial charge in [0, 0.05) is 33.1 Å². The monoisotopic (exact) mass is 501 g/mol. The topological polar surface area (TPSA) is 74.0 Å². The lowest BCUT2D eigenvalue weighted by molar-refractivity contribution is -0.119. The van der Waals surface area contributed by atoms with Gasteiger partial charge in [0.15, 0.2) is 5.96 Å². The summed E-state index contributed by atoms with van der Waals surface area (Å²) >= 11 is 0. The molecule has 1 fully saturated rings. The van der Waals surface area contributed by atoms with Gasteiger partial charge in [0.1, 0.15) is 0 Å². The standard InChI is InChI=1S/C21H35N5O.HI/c1-5-16-8-10-18(11-9-16)19(25(3)4)14-24-21(23-2)26-12-6-7-17(15-26)13-20(22)27;/h8-11,17,19H,5-7,12-15H2,1-4H3,(H2,22,27)(H,23,24);1H. The molecule has 0 aromatic heterocycles. The summed E-state index contributed by atoms with van der Waals surface area (Å²) in [5.74, 6) is 1.01. The van der Waals surface area contributed by atoms with Gasteiger partial charge >= 0.3 is 0 Å². The number of rotatable bonds is 7. The summed E-state index contributed by atoms with van der Waals surface area (Å²) in [5, 5.41) is 3.54. The van der Waals surface area contributed by atoms with Crippen molar-refractivity contribution in [3.8, 4) is 0 Å². The van der Waals surface area contributed by atoms with Crippen molar-refractivity contribution < 1.29 is 4.79 Å². The molecule has 3 N–H and O–H groups in total. The average Bonchev–Trinajstić information content (AvgIpc) is 2.65. The van der Waals surface area contributed by atoms with E-state index in [9.17, 15) is 4.79 Å². The Labute approximate surface area is 187 Å². The van der Waals surface area contributed by atoms with Crippen LogP contribution in [0, 0.1) is 5.92 Å². The number of hydrogen-bond acceptors (Lipinski definition) is 3. The number of hydrogen-bond donors (Lipinski definition) is 2. The van der Waals surface area contributed by atoms with Gasteiger partial charge in [-0.05, 0) is 50.4 Å². The second-order valence-corrected chi connectivity index (χ2v) is 7.63. The molecule has 2 unspecified atom stereocenters. The van der Waals surface area contributed by atoms with Crippen molar-refractivity contribution >= 4 is 35.8 Å². The number of nitrogens with one attached hydrogen (secondary N) is 1. The van der Waals surface area contributed by atoms with Crippen LogP contribution in [-0.4, -0.2) is 62.4 Å². The molecule has 1 aliphatic rings. The number of carbonyl (C=O) groups is 1. The molecule has 28 heavy (non-hydrogen) atoms. The number of aliphatic imine (C=N–C) groups is 1. The Hall–Kier alpha value is -1.35. The van der Waals surface area contributed by atoms with E-state index in [0.717, 1.165) is 44.9 Å². The van der Waals surface area contributed by atoms with Crippen molar-refractivity contribution in [2.45, 2.75) is 38.6 Å². The summed E-state index contributed by atoms with van der Waals surface area (Å²) in [7, 11) is 6.03. The average molecular weight is 501 g/mol. The van der Waals surface area contributed by atoms with Crippen LogP contribution in [0.25, 0.3) is 0 Å². The summed E-state index contributed by atoms with van der Waals surface area (Å²) < 4.78 is 0. The van der Waals surface area contributed by atoms with E-state index in [-0.39, 0.29) is 35.9 Å². The van der Waals surface area contributed by atoms with Gasteiger partial charge in [0.25, 0.3) is 0 Å². The number of benzene rings is 1. The molecule has 1 aromatic carbocycles. The number of aryl methyl sites for hydroxylation is 1. The minimum Gasteiger partial charge on any atom is -0.370 e. The highest BCUT2D eigenvalue weighted by molar-refractivity contribution is 14.0. The van der Waals surface area contributed by atoms with Crippen molar-refractivity contribution in [3.05, 3.63) is 35.4 Å². The van der Waals surface area contributed by atoms with Crippen LogP contribution in [-0.2, 0) is 11.2 Å². The third-order valence-electron chi connectivity index (χ3n) is 5.37. The first kappa shape index (κ1) is 24.7. The van der Waals surface area contributed by atoms with E-state index in [0.29, 0.717) is 12.3 Å². The Bertz CT molecular complexity index is 632. The van der Waals surface area contributed by atoms with E-state index >= 15 is 0 Å². The van der Waals surface area contributed by atoms with Crippen molar-refractivity contribution in [1.82, 2.24) is 15.1 Å². The molecule has 0 spiro atoms. The zero-order chi connectivity index (χ0) is 19.8. The second-order valence-electron chi connectivity index (χ2n) is 7.63. The number of nitrogens with zero attached hydrogens (tertiary/aromatic N) is 3. The SMILES string of the molecule is CCc1ccc(C(CNC(=NC)N2CCCC(CC(N)=O)C2)N(C)C)cc1.I. The number of piperidine rings is 1. The molecule has 1 saturated heterocycles. The maximum atomic E-state index is 11.3. The Morgan fingerprint density at radius 3 is 2.57 bits per heavy atom. The second kappa shape index (κ2) is 12.3. The van der Waals surface area contributed by atoms with Crippen molar-refractivity contribution in [2.24, 2.45) is 16.6 Å². The summed E-state index contributed by atoms with van der Waals surface area (Å²) in [6.07, 6.45) is 3.63. The maximum absolute atomic E-state index is 11.3. The number of amides is 1. The van der Waals surface area contributed by atoms with Gasteiger partial charge in [-0.3, -0.25) is 9.79 Å². The number of halogens is 1. The van der Waals surface area contributed by atoms with E-state index in [1.54, 1.807) is 0 Å². The molecule has 158 valence electrons. The molecule has 0 bridgehead atoms. The fourth-order valence-corrected chi connectivity index (χ4v) is 3.80. The van der Waals surface area contributed by atoms with Crippen molar-refractivity contribution in [3.63, 3.8) is 0 Å². The van der Waals surface area contributed by atoms with Gasteiger partial charge in [0.05, 0.1) is 6.04 Å². The molecule has 1 amide bonds. The van der Waals surface area contributed by atoms with E-state index < -0.39 is 0 Å². The third kappa shape index (κ3) is 7.24. The van der Waals surface area contributed by atoms with E-state index in [1.165, 1.54) is 11.1 Å². The van der Waals surface area contributed by atoms with Crippen LogP contribution in [0.4, 0.5) is 0 Å². The van der Waals surface area contributed by atoms with Gasteiger partial charge < -0.3 is 20.9 Å². The molecule has 6 nitrogen and oxygen atoms in total. The smallest absolute Gasteiger partial charge is 0.217 e. The minimum absolute atomic E-state index is 0. The first-order valence-electron chi connectivity index (χ1n) is 9.93. The van der Waals surface area contributed by atoms with Crippen LogP contribution in [0.1, 0.15) is 43.4 Å². The van der Waals surface area contributed by atoms with Crippen LogP contribution in [0.15, 0.2) is 29.3 Å². The zero-order valence-corrected chi connectivity index (χ0v) is 20.0. The predicted molar refractivity (Wildman–Crippen MR) is 127 cm³/mol. The first-order chi connectivity index (χ1) is 12.9. The lowest BCUT2D eigenvalue weighted by atomic mass is 9.95. The van der Waals surface area contributed by atoms with Gasteiger partial charge in [-0.15, -0.1) is 24.0 Å². The lowest BCUT2D eigenvalue weighted by Gasteiger charge is -2.35. The summed E-state index contributed by atoms with van der Waals surface area (Å²) in [6.45, 7) is 4.75. The lowest BCUT2D eigenvalue weighted by Crippen LogP contribution is -2.48. The summed E-state index contributed by atoms with van der Waals surface area (Å²) in [4.78, 5) is 20.2. The summed E-state index contributed by atoms with van der Waals surface area (Å²) in [5.41, 5.74) is 8.04. The highest BCUT2D eigenvalue weighted by Gasteiger charge is 2.24. The van der Waals surface area contributed by atoms with E-state index in [4.69, 9.17) is 5.73 Å². The molecule has 0 aliphatic carbocycles. The molecule has 1 heterocycles. The van der Waals surface area contributed by atoms with Crippen LogP contribution in [0.2, 0.25) is 0 Å². The largest absolute Gasteiger partial charge is 0.370 e. The molecular formula is C21H36IN5O. The molecule has 2 rings (SSSR count). The fourth-order valence-electron chi connectivity index (χ4n) is 3.80. The summed E-state index contributed by atoms with van der Waals surface area (Å²) in [6, 6.07) is 9.12. The van der Waals surface area contributed by atoms with Crippen LogP contribution in [0.3, 0.4) is 0 Å². The normalized spacial score (nSPS) is 18.5. The maximum Gasteiger partial charge on any atom is 0.217 e. The number of primary amides is 1. The molecule has 1 aliphatic heterocycles. The van der Waals surface area contributed by atoms with Gasteiger partial charge in [-0.1, -0.05) is 31.2 Å². The molecule has 1 aromatic rings. The predicted octanol–water partition coefficient (Wildman–Crippen LogP) is 2.63. The molecular weight excluding hydrogens is 465 g/mol. The Morgan fingerprint density at radius 2 is 2.04 bits per heavy atom. The molecule has 7 heteroatoms. The highest BCUT2D eigenvalue weighted by atomic mass is 127. The number of likely N-dealkylation sites (tertiary alicyclic amines) is 1. The minimum atomic E-state index is -0.215. The van der Waals surface area contributed by atoms with Crippen LogP contribution >= 0.6 is 24.0 Å². The van der Waals surface area contributed by atoms with Gasteiger partial charge in [-0.2, -0.15) is 0 Å². The highest BCUT2D eigenvalue weighted by Crippen LogP contribution is 2.21. The van der Waals surface area contributed by atoms with Gasteiger partial charge in [0.2, 0.25) is 5.91 Å². The number of carbonyl (C=O) groups excluding carboxylic acids is 1. The van der Waals surface area contributed by atoms with Gasteiger partial charge in [-0.25, -0.2) is 0 Å². The van der Waals surface area contributed by atoms with Crippen molar-refractivity contribution in [1.29, 1.82) is 0 Å². The number of guanidine groups is 1. The third-order valence-corrected chi connectivity index (χ3v) is 5.37.